The van der Waals surface area contributed by atoms with Crippen LogP contribution in [0.25, 0.3) is 0 Å². The summed E-state index contributed by atoms with van der Waals surface area (Å²) in [5.41, 5.74) is 0. The van der Waals surface area contributed by atoms with E-state index in [-0.39, 0.29) is 24.7 Å². The zero-order chi connectivity index (χ0) is 10.6. The van der Waals surface area contributed by atoms with E-state index in [0.717, 1.165) is 6.42 Å². The minimum Gasteiger partial charge on any atom is -0.375 e. The van der Waals surface area contributed by atoms with Gasteiger partial charge < -0.3 is 14.4 Å². The maximum Gasteiger partial charge on any atom is 0.248 e. The second-order valence-electron chi connectivity index (χ2n) is 3.69. The molecule has 0 spiro atoms. The van der Waals surface area contributed by atoms with E-state index in [2.05, 4.69) is 6.92 Å². The summed E-state index contributed by atoms with van der Waals surface area (Å²) in [7, 11) is 1.54. The molecule has 0 aromatic carbocycles. The zero-order valence-electron chi connectivity index (χ0n) is 9.16. The Bertz CT molecular complexity index is 196. The molecule has 1 amide bonds. The fourth-order valence-electron chi connectivity index (χ4n) is 1.69. The third-order valence-corrected chi connectivity index (χ3v) is 2.53. The molecule has 14 heavy (non-hydrogen) atoms. The third kappa shape index (κ3) is 2.69. The van der Waals surface area contributed by atoms with Crippen LogP contribution in [0.3, 0.4) is 0 Å². The molecule has 1 aliphatic heterocycles. The second-order valence-corrected chi connectivity index (χ2v) is 3.69. The molecule has 0 aliphatic carbocycles. The quantitative estimate of drug-likeness (QED) is 0.673. The first-order valence-corrected chi connectivity index (χ1v) is 5.09. The van der Waals surface area contributed by atoms with Gasteiger partial charge in [-0.1, -0.05) is 6.92 Å². The SMILES string of the molecule is CCC1COC(C)CN1C(=O)COC. The molecule has 0 bridgehead atoms. The Kier molecular flexibility index (Phi) is 4.35. The number of hydrogen-bond donors (Lipinski definition) is 0. The van der Waals surface area contributed by atoms with Crippen LogP contribution in [0.4, 0.5) is 0 Å². The van der Waals surface area contributed by atoms with E-state index in [0.29, 0.717) is 13.2 Å². The number of nitrogens with zero attached hydrogens (tertiary/aromatic N) is 1. The van der Waals surface area contributed by atoms with Crippen LogP contribution in [0.2, 0.25) is 0 Å². The molecule has 82 valence electrons. The van der Waals surface area contributed by atoms with Gasteiger partial charge >= 0.3 is 0 Å². The maximum atomic E-state index is 11.7. The van der Waals surface area contributed by atoms with Crippen molar-refractivity contribution in [2.75, 3.05) is 26.9 Å². The molecule has 0 N–H and O–H groups in total. The van der Waals surface area contributed by atoms with Crippen molar-refractivity contribution in [3.63, 3.8) is 0 Å². The minimum atomic E-state index is 0.0644. The Balaban J connectivity index is 2.56. The Labute approximate surface area is 85.2 Å². The van der Waals surface area contributed by atoms with E-state index in [1.165, 1.54) is 0 Å². The average Bonchev–Trinajstić information content (AvgIpc) is 2.18. The van der Waals surface area contributed by atoms with Crippen molar-refractivity contribution in [1.82, 2.24) is 4.90 Å². The van der Waals surface area contributed by atoms with Crippen LogP contribution in [0.5, 0.6) is 0 Å². The summed E-state index contributed by atoms with van der Waals surface area (Å²) in [5.74, 6) is 0.0644. The molecule has 0 saturated carbocycles. The van der Waals surface area contributed by atoms with Crippen molar-refractivity contribution >= 4 is 5.91 Å². The van der Waals surface area contributed by atoms with Crippen molar-refractivity contribution in [3.8, 4) is 0 Å². The molecule has 0 aromatic rings. The third-order valence-electron chi connectivity index (χ3n) is 2.53. The lowest BCUT2D eigenvalue weighted by Gasteiger charge is -2.38. The molecule has 1 aliphatic rings. The number of methoxy groups -OCH3 is 1. The molecule has 2 unspecified atom stereocenters. The van der Waals surface area contributed by atoms with Gasteiger partial charge in [-0.2, -0.15) is 0 Å². The summed E-state index contributed by atoms with van der Waals surface area (Å²) in [6, 6.07) is 0.217. The molecule has 4 heteroatoms. The summed E-state index contributed by atoms with van der Waals surface area (Å²) in [4.78, 5) is 13.5. The zero-order valence-corrected chi connectivity index (χ0v) is 9.16. The number of carbonyl (C=O) groups is 1. The van der Waals surface area contributed by atoms with Gasteiger partial charge in [0.15, 0.2) is 0 Å². The van der Waals surface area contributed by atoms with E-state index in [1.807, 2.05) is 11.8 Å². The first-order valence-electron chi connectivity index (χ1n) is 5.09. The molecular formula is C10H19NO3. The van der Waals surface area contributed by atoms with Gasteiger partial charge in [-0.15, -0.1) is 0 Å². The van der Waals surface area contributed by atoms with Crippen molar-refractivity contribution in [3.05, 3.63) is 0 Å². The molecule has 2 atom stereocenters. The molecule has 4 nitrogen and oxygen atoms in total. The van der Waals surface area contributed by atoms with Crippen molar-refractivity contribution in [1.29, 1.82) is 0 Å². The van der Waals surface area contributed by atoms with Crippen LogP contribution in [0, 0.1) is 0 Å². The van der Waals surface area contributed by atoms with E-state index in [4.69, 9.17) is 9.47 Å². The topological polar surface area (TPSA) is 38.8 Å². The largest absolute Gasteiger partial charge is 0.375 e. The van der Waals surface area contributed by atoms with Gasteiger partial charge in [0, 0.05) is 13.7 Å². The smallest absolute Gasteiger partial charge is 0.248 e. The molecular weight excluding hydrogens is 182 g/mol. The number of amides is 1. The van der Waals surface area contributed by atoms with Crippen molar-refractivity contribution in [2.24, 2.45) is 0 Å². The summed E-state index contributed by atoms with van der Waals surface area (Å²) in [5, 5.41) is 0. The summed E-state index contributed by atoms with van der Waals surface area (Å²) in [6.07, 6.45) is 1.07. The maximum absolute atomic E-state index is 11.7. The van der Waals surface area contributed by atoms with Crippen LogP contribution in [0.15, 0.2) is 0 Å². The normalized spacial score (nSPS) is 27.8. The average molecular weight is 201 g/mol. The van der Waals surface area contributed by atoms with Crippen LogP contribution in [-0.2, 0) is 14.3 Å². The van der Waals surface area contributed by atoms with Gasteiger partial charge in [0.2, 0.25) is 5.91 Å². The molecule has 1 fully saturated rings. The second kappa shape index (κ2) is 5.32. The number of morpholine rings is 1. The van der Waals surface area contributed by atoms with E-state index < -0.39 is 0 Å². The highest BCUT2D eigenvalue weighted by molar-refractivity contribution is 5.77. The monoisotopic (exact) mass is 201 g/mol. The lowest BCUT2D eigenvalue weighted by atomic mass is 10.1. The van der Waals surface area contributed by atoms with Gasteiger partial charge in [0.05, 0.1) is 18.8 Å². The fraction of sp³-hybridized carbons (Fsp3) is 0.900. The van der Waals surface area contributed by atoms with Gasteiger partial charge in [0.25, 0.3) is 0 Å². The Morgan fingerprint density at radius 3 is 2.93 bits per heavy atom. The van der Waals surface area contributed by atoms with Crippen LogP contribution >= 0.6 is 0 Å². The van der Waals surface area contributed by atoms with E-state index in [9.17, 15) is 4.79 Å². The molecule has 0 aromatic heterocycles. The highest BCUT2D eigenvalue weighted by atomic mass is 16.5. The summed E-state index contributed by atoms with van der Waals surface area (Å²) in [6.45, 7) is 5.55. The number of carbonyl (C=O) groups excluding carboxylic acids is 1. The number of rotatable bonds is 3. The van der Waals surface area contributed by atoms with Crippen molar-refractivity contribution < 1.29 is 14.3 Å². The number of ether oxygens (including phenoxy) is 2. The number of hydrogen-bond acceptors (Lipinski definition) is 3. The first-order chi connectivity index (χ1) is 6.69. The van der Waals surface area contributed by atoms with Gasteiger partial charge in [-0.3, -0.25) is 4.79 Å². The Morgan fingerprint density at radius 1 is 1.64 bits per heavy atom. The Morgan fingerprint density at radius 2 is 2.36 bits per heavy atom. The van der Waals surface area contributed by atoms with Gasteiger partial charge in [0.1, 0.15) is 6.61 Å². The lowest BCUT2D eigenvalue weighted by Crippen LogP contribution is -2.52. The first kappa shape index (κ1) is 11.5. The minimum absolute atomic E-state index is 0.0644. The molecule has 1 saturated heterocycles. The molecule has 0 radical (unpaired) electrons. The standard InChI is InChI=1S/C10H19NO3/c1-4-9-6-14-8(2)5-11(9)10(12)7-13-3/h8-9H,4-7H2,1-3H3. The highest BCUT2D eigenvalue weighted by Crippen LogP contribution is 2.14. The highest BCUT2D eigenvalue weighted by Gasteiger charge is 2.28. The lowest BCUT2D eigenvalue weighted by molar-refractivity contribution is -0.148. The fourth-order valence-corrected chi connectivity index (χ4v) is 1.69. The molecule has 1 heterocycles. The van der Waals surface area contributed by atoms with Crippen LogP contribution in [0.1, 0.15) is 20.3 Å². The van der Waals surface area contributed by atoms with E-state index >= 15 is 0 Å². The van der Waals surface area contributed by atoms with Crippen LogP contribution in [-0.4, -0.2) is 49.8 Å². The van der Waals surface area contributed by atoms with Crippen LogP contribution < -0.4 is 0 Å². The Hall–Kier alpha value is -0.610. The summed E-state index contributed by atoms with van der Waals surface area (Å²) >= 11 is 0. The van der Waals surface area contributed by atoms with Crippen molar-refractivity contribution in [2.45, 2.75) is 32.4 Å². The predicted molar refractivity (Wildman–Crippen MR) is 53.1 cm³/mol. The van der Waals surface area contributed by atoms with Gasteiger partial charge in [-0.25, -0.2) is 0 Å². The summed E-state index contributed by atoms with van der Waals surface area (Å²) < 4.78 is 10.4. The van der Waals surface area contributed by atoms with Gasteiger partial charge in [-0.05, 0) is 13.3 Å². The predicted octanol–water partition coefficient (Wildman–Crippen LogP) is 0.659. The van der Waals surface area contributed by atoms with E-state index in [1.54, 1.807) is 7.11 Å². The molecule has 1 rings (SSSR count).